The van der Waals surface area contributed by atoms with Crippen LogP contribution in [0.4, 0.5) is 0 Å². The average molecular weight is 365 g/mol. The Hall–Kier alpha value is -2.74. The Labute approximate surface area is 151 Å². The molecule has 1 saturated heterocycles. The molecule has 0 spiro atoms. The lowest BCUT2D eigenvalue weighted by molar-refractivity contribution is -0.137. The van der Waals surface area contributed by atoms with E-state index in [4.69, 9.17) is 19.3 Å². The van der Waals surface area contributed by atoms with Gasteiger partial charge in [-0.1, -0.05) is 12.1 Å². The number of carboxylic acids is 2. The Morgan fingerprint density at radius 3 is 2.42 bits per heavy atom. The predicted molar refractivity (Wildman–Crippen MR) is 92.4 cm³/mol. The van der Waals surface area contributed by atoms with E-state index in [1.165, 1.54) is 12.0 Å². The SMILES string of the molecule is CCOc1ccccc1OCC1C(OC)CCN1/C(=C\C(=O)O)C(=O)O. The molecule has 0 aliphatic carbocycles. The van der Waals surface area contributed by atoms with E-state index in [9.17, 15) is 14.7 Å². The van der Waals surface area contributed by atoms with Gasteiger partial charge in [-0.3, -0.25) is 0 Å². The van der Waals surface area contributed by atoms with E-state index in [0.29, 0.717) is 37.1 Å². The Morgan fingerprint density at radius 1 is 1.23 bits per heavy atom. The molecule has 1 aliphatic rings. The molecule has 142 valence electrons. The molecule has 26 heavy (non-hydrogen) atoms. The molecule has 2 N–H and O–H groups in total. The van der Waals surface area contributed by atoms with Crippen molar-refractivity contribution >= 4 is 11.9 Å². The summed E-state index contributed by atoms with van der Waals surface area (Å²) in [6.45, 7) is 2.85. The normalized spacial score (nSPS) is 20.1. The quantitative estimate of drug-likeness (QED) is 0.636. The van der Waals surface area contributed by atoms with Gasteiger partial charge in [0.2, 0.25) is 0 Å². The second kappa shape index (κ2) is 9.10. The fourth-order valence-electron chi connectivity index (χ4n) is 3.00. The van der Waals surface area contributed by atoms with Crippen molar-refractivity contribution in [1.82, 2.24) is 4.90 Å². The van der Waals surface area contributed by atoms with E-state index < -0.39 is 18.0 Å². The van der Waals surface area contributed by atoms with Gasteiger partial charge in [0, 0.05) is 13.7 Å². The van der Waals surface area contributed by atoms with E-state index in [0.717, 1.165) is 0 Å². The summed E-state index contributed by atoms with van der Waals surface area (Å²) in [6.07, 6.45) is 0.995. The number of aliphatic carboxylic acids is 2. The molecule has 1 aromatic rings. The molecule has 0 saturated carbocycles. The molecule has 0 aromatic heterocycles. The van der Waals surface area contributed by atoms with Gasteiger partial charge in [-0.2, -0.15) is 0 Å². The summed E-state index contributed by atoms with van der Waals surface area (Å²) in [6, 6.07) is 6.75. The molecule has 2 rings (SSSR count). The average Bonchev–Trinajstić information content (AvgIpc) is 3.01. The molecule has 0 amide bonds. The first kappa shape index (κ1) is 19.6. The highest BCUT2D eigenvalue weighted by Crippen LogP contribution is 2.30. The summed E-state index contributed by atoms with van der Waals surface area (Å²) in [5, 5.41) is 18.3. The van der Waals surface area contributed by atoms with Crippen molar-refractivity contribution in [3.8, 4) is 11.5 Å². The zero-order chi connectivity index (χ0) is 19.1. The predicted octanol–water partition coefficient (Wildman–Crippen LogP) is 1.61. The van der Waals surface area contributed by atoms with Gasteiger partial charge in [-0.15, -0.1) is 0 Å². The maximum atomic E-state index is 11.5. The van der Waals surface area contributed by atoms with Crippen molar-refractivity contribution < 1.29 is 34.0 Å². The van der Waals surface area contributed by atoms with Crippen molar-refractivity contribution in [3.63, 3.8) is 0 Å². The summed E-state index contributed by atoms with van der Waals surface area (Å²) in [4.78, 5) is 24.0. The molecular weight excluding hydrogens is 342 g/mol. The van der Waals surface area contributed by atoms with Crippen LogP contribution in [0.15, 0.2) is 36.0 Å². The number of likely N-dealkylation sites (tertiary alicyclic amines) is 1. The van der Waals surface area contributed by atoms with Crippen LogP contribution in [0.1, 0.15) is 13.3 Å². The second-order valence-corrected chi connectivity index (χ2v) is 5.69. The molecule has 1 fully saturated rings. The summed E-state index contributed by atoms with van der Waals surface area (Å²) in [5.74, 6) is -1.49. The van der Waals surface area contributed by atoms with Crippen LogP contribution in [0.5, 0.6) is 11.5 Å². The fraction of sp³-hybridized carbons (Fsp3) is 0.444. The minimum atomic E-state index is -1.32. The van der Waals surface area contributed by atoms with Crippen LogP contribution < -0.4 is 9.47 Å². The topological polar surface area (TPSA) is 106 Å². The molecule has 1 heterocycles. The van der Waals surface area contributed by atoms with E-state index in [1.54, 1.807) is 12.1 Å². The van der Waals surface area contributed by atoms with Crippen molar-refractivity contribution in [2.45, 2.75) is 25.5 Å². The van der Waals surface area contributed by atoms with Gasteiger partial charge in [0.25, 0.3) is 0 Å². The number of benzene rings is 1. The third-order valence-corrected chi connectivity index (χ3v) is 4.13. The lowest BCUT2D eigenvalue weighted by Gasteiger charge is -2.29. The van der Waals surface area contributed by atoms with Crippen LogP contribution in [-0.2, 0) is 14.3 Å². The number of ether oxygens (including phenoxy) is 3. The number of hydrogen-bond donors (Lipinski definition) is 2. The van der Waals surface area contributed by atoms with E-state index in [2.05, 4.69) is 0 Å². The van der Waals surface area contributed by atoms with Crippen molar-refractivity contribution in [2.24, 2.45) is 0 Å². The van der Waals surface area contributed by atoms with E-state index in [-0.39, 0.29) is 18.4 Å². The summed E-state index contributed by atoms with van der Waals surface area (Å²) >= 11 is 0. The Morgan fingerprint density at radius 2 is 1.88 bits per heavy atom. The molecule has 8 nitrogen and oxygen atoms in total. The van der Waals surface area contributed by atoms with Crippen LogP contribution in [0, 0.1) is 0 Å². The Kier molecular flexibility index (Phi) is 6.85. The van der Waals surface area contributed by atoms with Gasteiger partial charge in [0.05, 0.1) is 24.8 Å². The van der Waals surface area contributed by atoms with Crippen LogP contribution in [0.25, 0.3) is 0 Å². The van der Waals surface area contributed by atoms with Crippen LogP contribution >= 0.6 is 0 Å². The third kappa shape index (κ3) is 4.66. The first-order valence-electron chi connectivity index (χ1n) is 8.29. The number of para-hydroxylation sites is 2. The zero-order valence-corrected chi connectivity index (χ0v) is 14.8. The van der Waals surface area contributed by atoms with Crippen LogP contribution in [0.2, 0.25) is 0 Å². The van der Waals surface area contributed by atoms with Crippen LogP contribution in [-0.4, -0.2) is 66.1 Å². The third-order valence-electron chi connectivity index (χ3n) is 4.13. The zero-order valence-electron chi connectivity index (χ0n) is 14.8. The molecule has 0 bridgehead atoms. The largest absolute Gasteiger partial charge is 0.490 e. The smallest absolute Gasteiger partial charge is 0.352 e. The maximum Gasteiger partial charge on any atom is 0.352 e. The molecular formula is C18H23NO7. The lowest BCUT2D eigenvalue weighted by Crippen LogP contribution is -2.42. The van der Waals surface area contributed by atoms with Gasteiger partial charge in [0.15, 0.2) is 11.5 Å². The van der Waals surface area contributed by atoms with Crippen molar-refractivity contribution in [1.29, 1.82) is 0 Å². The highest BCUT2D eigenvalue weighted by Gasteiger charge is 2.38. The maximum absolute atomic E-state index is 11.5. The summed E-state index contributed by atoms with van der Waals surface area (Å²) < 4.78 is 16.8. The fourth-order valence-corrected chi connectivity index (χ4v) is 3.00. The summed E-state index contributed by atoms with van der Waals surface area (Å²) in [7, 11) is 1.54. The number of carbonyl (C=O) groups is 2. The number of hydrogen-bond acceptors (Lipinski definition) is 6. The first-order valence-corrected chi connectivity index (χ1v) is 8.29. The number of nitrogens with zero attached hydrogens (tertiary/aromatic N) is 1. The minimum Gasteiger partial charge on any atom is -0.490 e. The molecule has 2 atom stereocenters. The first-order chi connectivity index (χ1) is 12.5. The van der Waals surface area contributed by atoms with E-state index >= 15 is 0 Å². The molecule has 0 radical (unpaired) electrons. The van der Waals surface area contributed by atoms with Gasteiger partial charge < -0.3 is 29.3 Å². The number of carboxylic acid groups (broad SMARTS) is 2. The molecule has 1 aliphatic heterocycles. The second-order valence-electron chi connectivity index (χ2n) is 5.69. The Balaban J connectivity index is 2.20. The summed E-state index contributed by atoms with van der Waals surface area (Å²) in [5.41, 5.74) is -0.288. The monoisotopic (exact) mass is 365 g/mol. The van der Waals surface area contributed by atoms with Gasteiger partial charge >= 0.3 is 11.9 Å². The molecule has 2 unspecified atom stereocenters. The van der Waals surface area contributed by atoms with E-state index in [1.807, 2.05) is 19.1 Å². The lowest BCUT2D eigenvalue weighted by atomic mass is 10.1. The van der Waals surface area contributed by atoms with Gasteiger partial charge in [-0.05, 0) is 25.5 Å². The number of rotatable bonds is 9. The van der Waals surface area contributed by atoms with Crippen molar-refractivity contribution in [3.05, 3.63) is 36.0 Å². The standard InChI is InChI=1S/C18H23NO7/c1-3-25-15-6-4-5-7-16(15)26-11-13-14(24-2)8-9-19(13)12(18(22)23)10-17(20)21/h4-7,10,13-14H,3,8-9,11H2,1-2H3,(H,20,21)(H,22,23)/b12-10-. The number of methoxy groups -OCH3 is 1. The van der Waals surface area contributed by atoms with Crippen molar-refractivity contribution in [2.75, 3.05) is 26.9 Å². The van der Waals surface area contributed by atoms with Gasteiger partial charge in [-0.25, -0.2) is 9.59 Å². The highest BCUT2D eigenvalue weighted by molar-refractivity contribution is 5.94. The van der Waals surface area contributed by atoms with Crippen LogP contribution in [0.3, 0.4) is 0 Å². The Bertz CT molecular complexity index is 673. The molecule has 1 aromatic carbocycles. The highest BCUT2D eigenvalue weighted by atomic mass is 16.5. The van der Waals surface area contributed by atoms with Gasteiger partial charge in [0.1, 0.15) is 12.3 Å². The minimum absolute atomic E-state index is 0.132. The molecule has 8 heteroatoms.